The molecule has 0 saturated carbocycles. The SMILES string of the molecule is C[C@H](O)[C@@](F)(CO)O[C@H](CF)n1cnc2c(=O)[nH]c(N)nc21. The largest absolute Gasteiger partial charge is 0.390 e. The van der Waals surface area contributed by atoms with Gasteiger partial charge in [0.2, 0.25) is 5.95 Å². The molecule has 2 heterocycles. The van der Waals surface area contributed by atoms with Crippen LogP contribution < -0.4 is 11.3 Å². The zero-order valence-corrected chi connectivity index (χ0v) is 11.5. The number of aromatic amines is 1. The summed E-state index contributed by atoms with van der Waals surface area (Å²) < 4.78 is 33.2. The summed E-state index contributed by atoms with van der Waals surface area (Å²) in [7, 11) is 0. The molecule has 0 saturated heterocycles. The van der Waals surface area contributed by atoms with Crippen molar-refractivity contribution in [2.24, 2.45) is 0 Å². The zero-order valence-electron chi connectivity index (χ0n) is 11.5. The second-order valence-electron chi connectivity index (χ2n) is 4.62. The summed E-state index contributed by atoms with van der Waals surface area (Å²) >= 11 is 0. The highest BCUT2D eigenvalue weighted by molar-refractivity contribution is 5.70. The highest BCUT2D eigenvalue weighted by Gasteiger charge is 2.39. The number of nitrogens with two attached hydrogens (primary N) is 1. The molecule has 0 bridgehead atoms. The molecular formula is C11H15F2N5O4. The van der Waals surface area contributed by atoms with Crippen molar-refractivity contribution in [1.29, 1.82) is 0 Å². The van der Waals surface area contributed by atoms with Gasteiger partial charge in [-0.05, 0) is 6.92 Å². The lowest BCUT2D eigenvalue weighted by Crippen LogP contribution is -2.44. The lowest BCUT2D eigenvalue weighted by molar-refractivity contribution is -0.262. The molecule has 3 atom stereocenters. The number of ether oxygens (including phenoxy) is 1. The number of H-pyrrole nitrogens is 1. The third-order valence-corrected chi connectivity index (χ3v) is 3.06. The Morgan fingerprint density at radius 1 is 1.64 bits per heavy atom. The highest BCUT2D eigenvalue weighted by atomic mass is 19.2. The molecule has 0 aliphatic heterocycles. The number of nitrogens with zero attached hydrogens (tertiary/aromatic N) is 3. The predicted molar refractivity (Wildman–Crippen MR) is 71.3 cm³/mol. The first-order chi connectivity index (χ1) is 10.3. The number of anilines is 1. The fourth-order valence-corrected chi connectivity index (χ4v) is 1.81. The van der Waals surface area contributed by atoms with Gasteiger partial charge in [-0.1, -0.05) is 0 Å². The Morgan fingerprint density at radius 2 is 2.32 bits per heavy atom. The van der Waals surface area contributed by atoms with Crippen LogP contribution in [0.25, 0.3) is 11.2 Å². The summed E-state index contributed by atoms with van der Waals surface area (Å²) in [6.45, 7) is -1.37. The molecule has 0 amide bonds. The highest BCUT2D eigenvalue weighted by Crippen LogP contribution is 2.26. The zero-order chi connectivity index (χ0) is 16.5. The van der Waals surface area contributed by atoms with E-state index in [1.165, 1.54) is 0 Å². The number of nitrogen functional groups attached to an aromatic ring is 1. The van der Waals surface area contributed by atoms with Crippen LogP contribution >= 0.6 is 0 Å². The minimum atomic E-state index is -2.89. The minimum Gasteiger partial charge on any atom is -0.390 e. The molecule has 9 nitrogen and oxygen atoms in total. The Hall–Kier alpha value is -2.11. The van der Waals surface area contributed by atoms with Gasteiger partial charge in [-0.2, -0.15) is 4.98 Å². The van der Waals surface area contributed by atoms with E-state index in [4.69, 9.17) is 15.6 Å². The summed E-state index contributed by atoms with van der Waals surface area (Å²) in [5, 5.41) is 18.3. The maximum Gasteiger partial charge on any atom is 0.280 e. The number of aromatic nitrogens is 4. The fraction of sp³-hybridized carbons (Fsp3) is 0.545. The molecule has 0 aromatic carbocycles. The van der Waals surface area contributed by atoms with Crippen molar-refractivity contribution in [1.82, 2.24) is 19.5 Å². The molecular weight excluding hydrogens is 304 g/mol. The molecule has 5 N–H and O–H groups in total. The number of nitrogens with one attached hydrogen (secondary N) is 1. The van der Waals surface area contributed by atoms with Crippen LogP contribution in [-0.2, 0) is 4.74 Å². The number of halogens is 2. The number of hydrogen-bond acceptors (Lipinski definition) is 7. The number of aliphatic hydroxyl groups is 2. The fourth-order valence-electron chi connectivity index (χ4n) is 1.81. The number of aliphatic hydroxyl groups excluding tert-OH is 2. The molecule has 11 heteroatoms. The van der Waals surface area contributed by atoms with Crippen LogP contribution in [0.1, 0.15) is 13.2 Å². The first-order valence-electron chi connectivity index (χ1n) is 6.26. The molecule has 0 radical (unpaired) electrons. The predicted octanol–water partition coefficient (Wildman–Crippen LogP) is -0.775. The molecule has 0 aliphatic rings. The second-order valence-corrected chi connectivity index (χ2v) is 4.62. The van der Waals surface area contributed by atoms with Crippen LogP contribution in [0.4, 0.5) is 14.7 Å². The number of alkyl halides is 2. The van der Waals surface area contributed by atoms with E-state index in [2.05, 4.69) is 15.0 Å². The van der Waals surface area contributed by atoms with Gasteiger partial charge in [0.05, 0.1) is 6.33 Å². The van der Waals surface area contributed by atoms with Crippen LogP contribution in [0.3, 0.4) is 0 Å². The number of hydrogen-bond donors (Lipinski definition) is 4. The summed E-state index contributed by atoms with van der Waals surface area (Å²) in [6.07, 6.45) is -2.30. The van der Waals surface area contributed by atoms with E-state index in [9.17, 15) is 18.7 Å². The van der Waals surface area contributed by atoms with Crippen LogP contribution in [0.15, 0.2) is 11.1 Å². The van der Waals surface area contributed by atoms with Gasteiger partial charge >= 0.3 is 0 Å². The molecule has 2 aromatic rings. The summed E-state index contributed by atoms with van der Waals surface area (Å²) in [5.74, 6) is -3.12. The second kappa shape index (κ2) is 5.94. The molecule has 2 rings (SSSR count). The number of fused-ring (bicyclic) bond motifs is 1. The monoisotopic (exact) mass is 319 g/mol. The van der Waals surface area contributed by atoms with Crippen molar-refractivity contribution in [3.63, 3.8) is 0 Å². The van der Waals surface area contributed by atoms with E-state index < -0.39 is 37.0 Å². The summed E-state index contributed by atoms with van der Waals surface area (Å²) in [4.78, 5) is 21.4. The summed E-state index contributed by atoms with van der Waals surface area (Å²) in [6, 6.07) is 0. The van der Waals surface area contributed by atoms with Gasteiger partial charge in [0.25, 0.3) is 11.4 Å². The van der Waals surface area contributed by atoms with Crippen LogP contribution in [0, 0.1) is 0 Å². The van der Waals surface area contributed by atoms with Gasteiger partial charge in [0, 0.05) is 0 Å². The van der Waals surface area contributed by atoms with Crippen molar-refractivity contribution in [2.45, 2.75) is 25.1 Å². The topological polar surface area (TPSA) is 139 Å². The van der Waals surface area contributed by atoms with Crippen LogP contribution in [-0.4, -0.2) is 55.0 Å². The molecule has 122 valence electrons. The normalized spacial score (nSPS) is 17.3. The average Bonchev–Trinajstić information content (AvgIpc) is 2.88. The smallest absolute Gasteiger partial charge is 0.280 e. The van der Waals surface area contributed by atoms with Gasteiger partial charge in [-0.25, -0.2) is 13.8 Å². The van der Waals surface area contributed by atoms with Gasteiger partial charge in [-0.3, -0.25) is 14.3 Å². The van der Waals surface area contributed by atoms with E-state index >= 15 is 0 Å². The van der Waals surface area contributed by atoms with E-state index in [0.29, 0.717) is 0 Å². The Balaban J connectivity index is 2.46. The van der Waals surface area contributed by atoms with Gasteiger partial charge < -0.3 is 20.7 Å². The quantitative estimate of drug-likeness (QED) is 0.548. The Kier molecular flexibility index (Phi) is 4.39. The van der Waals surface area contributed by atoms with Crippen LogP contribution in [0.2, 0.25) is 0 Å². The van der Waals surface area contributed by atoms with Gasteiger partial charge in [0.15, 0.2) is 17.4 Å². The lowest BCUT2D eigenvalue weighted by atomic mass is 10.2. The van der Waals surface area contributed by atoms with Gasteiger partial charge in [0.1, 0.15) is 19.4 Å². The maximum absolute atomic E-state index is 14.2. The first kappa shape index (κ1) is 16.3. The van der Waals surface area contributed by atoms with E-state index in [-0.39, 0.29) is 17.1 Å². The van der Waals surface area contributed by atoms with Gasteiger partial charge in [-0.15, -0.1) is 0 Å². The number of rotatable bonds is 6. The Bertz CT molecular complexity index is 718. The first-order valence-corrected chi connectivity index (χ1v) is 6.26. The van der Waals surface area contributed by atoms with E-state index in [1.807, 2.05) is 0 Å². The van der Waals surface area contributed by atoms with Crippen molar-refractivity contribution in [3.05, 3.63) is 16.7 Å². The molecule has 0 spiro atoms. The molecule has 0 unspecified atom stereocenters. The average molecular weight is 319 g/mol. The maximum atomic E-state index is 14.2. The standard InChI is InChI=1S/C11H15F2N5O4/c1-5(20)11(13,3-19)22-6(2-12)18-4-15-7-8(18)16-10(14)17-9(7)21/h4-6,19-20H,2-3H2,1H3,(H3,14,16,17,21)/t5-,6+,11+/m0/s1. The Morgan fingerprint density at radius 3 is 2.86 bits per heavy atom. The molecule has 2 aromatic heterocycles. The molecule has 0 aliphatic carbocycles. The van der Waals surface area contributed by atoms with Crippen molar-refractivity contribution >= 4 is 17.1 Å². The van der Waals surface area contributed by atoms with Crippen molar-refractivity contribution < 1.29 is 23.7 Å². The van der Waals surface area contributed by atoms with E-state index in [0.717, 1.165) is 17.8 Å². The summed E-state index contributed by atoms with van der Waals surface area (Å²) in [5.41, 5.74) is 4.50. The van der Waals surface area contributed by atoms with Crippen molar-refractivity contribution in [3.8, 4) is 0 Å². The van der Waals surface area contributed by atoms with Crippen LogP contribution in [0.5, 0.6) is 0 Å². The minimum absolute atomic E-state index is 0.116. The van der Waals surface area contributed by atoms with Crippen molar-refractivity contribution in [2.75, 3.05) is 19.0 Å². The third kappa shape index (κ3) is 2.77. The third-order valence-electron chi connectivity index (χ3n) is 3.06. The molecule has 0 fully saturated rings. The Labute approximate surface area is 122 Å². The number of imidazole rings is 1. The molecule has 22 heavy (non-hydrogen) atoms. The lowest BCUT2D eigenvalue weighted by Gasteiger charge is -2.30. The van der Waals surface area contributed by atoms with E-state index in [1.54, 1.807) is 0 Å².